The van der Waals surface area contributed by atoms with Crippen LogP contribution < -0.4 is 4.90 Å². The molecule has 0 bridgehead atoms. The van der Waals surface area contributed by atoms with Gasteiger partial charge in [-0.25, -0.2) is 8.42 Å². The number of hydrogen-bond acceptors (Lipinski definition) is 4. The molecule has 3 rings (SSSR count). The Hall–Kier alpha value is -1.99. The van der Waals surface area contributed by atoms with Gasteiger partial charge in [-0.05, 0) is 24.6 Å². The minimum absolute atomic E-state index is 0.285. The Morgan fingerprint density at radius 3 is 2.40 bits per heavy atom. The average Bonchev–Trinajstić information content (AvgIpc) is 2.62. The number of sulfone groups is 1. The van der Waals surface area contributed by atoms with Gasteiger partial charge in [-0.15, -0.1) is 0 Å². The number of hydrogen-bond donors (Lipinski definition) is 0. The minimum Gasteiger partial charge on any atom is -0.367 e. The van der Waals surface area contributed by atoms with E-state index in [2.05, 4.69) is 0 Å². The van der Waals surface area contributed by atoms with Crippen molar-refractivity contribution < 1.29 is 21.9 Å². The summed E-state index contributed by atoms with van der Waals surface area (Å²) in [6, 6.07) is 15.5. The summed E-state index contributed by atoms with van der Waals surface area (Å²) in [5.41, 5.74) is 0.587. The Morgan fingerprint density at radius 2 is 1.72 bits per heavy atom. The molecule has 0 spiro atoms. The molecule has 7 heteroatoms. The Labute approximate surface area is 146 Å². The highest BCUT2D eigenvalue weighted by atomic mass is 32.2. The lowest BCUT2D eigenvalue weighted by Crippen LogP contribution is -2.48. The van der Waals surface area contributed by atoms with Gasteiger partial charge in [-0.2, -0.15) is 8.78 Å². The molecule has 0 aliphatic carbocycles. The fourth-order valence-electron chi connectivity index (χ4n) is 3.10. The van der Waals surface area contributed by atoms with E-state index in [9.17, 15) is 17.2 Å². The number of anilines is 1. The van der Waals surface area contributed by atoms with Crippen molar-refractivity contribution in [3.63, 3.8) is 0 Å². The second-order valence-corrected chi connectivity index (χ2v) is 8.03. The van der Waals surface area contributed by atoms with Gasteiger partial charge in [0.2, 0.25) is 9.84 Å². The summed E-state index contributed by atoms with van der Waals surface area (Å²) in [5.74, 6) is -3.45. The third kappa shape index (κ3) is 3.39. The lowest BCUT2D eigenvalue weighted by Gasteiger charge is -2.42. The summed E-state index contributed by atoms with van der Waals surface area (Å²) in [4.78, 5) is 1.45. The van der Waals surface area contributed by atoms with Crippen molar-refractivity contribution in [2.75, 3.05) is 24.6 Å². The zero-order valence-electron chi connectivity index (χ0n) is 13.7. The van der Waals surface area contributed by atoms with Crippen molar-refractivity contribution in [2.24, 2.45) is 0 Å². The number of morpholine rings is 1. The topological polar surface area (TPSA) is 46.6 Å². The summed E-state index contributed by atoms with van der Waals surface area (Å²) in [7, 11) is -4.67. The monoisotopic (exact) mass is 367 g/mol. The maximum absolute atomic E-state index is 13.0. The van der Waals surface area contributed by atoms with E-state index in [0.29, 0.717) is 19.7 Å². The molecule has 1 atom stereocenters. The molecule has 1 saturated heterocycles. The molecular weight excluding hydrogens is 348 g/mol. The van der Waals surface area contributed by atoms with E-state index in [1.807, 2.05) is 37.3 Å². The van der Waals surface area contributed by atoms with Gasteiger partial charge < -0.3 is 9.64 Å². The smallest absolute Gasteiger partial charge is 0.341 e. The van der Waals surface area contributed by atoms with Crippen molar-refractivity contribution in [3.8, 4) is 0 Å². The normalized spacial score (nSPS) is 21.5. The van der Waals surface area contributed by atoms with Gasteiger partial charge in [-0.1, -0.05) is 42.5 Å². The van der Waals surface area contributed by atoms with Crippen LogP contribution >= 0.6 is 0 Å². The molecule has 1 unspecified atom stereocenters. The Balaban J connectivity index is 1.99. The summed E-state index contributed by atoms with van der Waals surface area (Å²) in [6.07, 6.45) is 0. The van der Waals surface area contributed by atoms with Crippen LogP contribution in [0.25, 0.3) is 0 Å². The second-order valence-electron chi connectivity index (χ2n) is 6.14. The predicted octanol–water partition coefficient (Wildman–Crippen LogP) is 3.43. The Kier molecular flexibility index (Phi) is 4.79. The first-order valence-corrected chi connectivity index (χ1v) is 9.45. The number of rotatable bonds is 4. The van der Waals surface area contributed by atoms with Crippen molar-refractivity contribution in [3.05, 3.63) is 60.2 Å². The molecule has 2 aromatic rings. The minimum atomic E-state index is -4.67. The Bertz CT molecular complexity index is 842. The molecule has 4 nitrogen and oxygen atoms in total. The molecule has 0 radical (unpaired) electrons. The highest BCUT2D eigenvalue weighted by Gasteiger charge is 2.37. The van der Waals surface area contributed by atoms with Crippen LogP contribution in [0.1, 0.15) is 12.5 Å². The number of benzene rings is 2. The predicted molar refractivity (Wildman–Crippen MR) is 91.6 cm³/mol. The van der Waals surface area contributed by atoms with E-state index in [4.69, 9.17) is 4.74 Å². The summed E-state index contributed by atoms with van der Waals surface area (Å²) < 4.78 is 56.0. The quantitative estimate of drug-likeness (QED) is 0.831. The summed E-state index contributed by atoms with van der Waals surface area (Å²) in [5, 5.41) is 0. The molecule has 0 amide bonds. The largest absolute Gasteiger partial charge is 0.367 e. The van der Waals surface area contributed by atoms with Crippen LogP contribution in [0.15, 0.2) is 59.5 Å². The lowest BCUT2D eigenvalue weighted by atomic mass is 9.93. The van der Waals surface area contributed by atoms with Crippen molar-refractivity contribution in [1.82, 2.24) is 0 Å². The number of ether oxygens (including phenoxy) is 1. The van der Waals surface area contributed by atoms with Crippen LogP contribution in [0.4, 0.5) is 14.5 Å². The van der Waals surface area contributed by atoms with E-state index in [-0.39, 0.29) is 10.6 Å². The molecule has 0 aromatic heterocycles. The zero-order valence-corrected chi connectivity index (χ0v) is 14.5. The maximum atomic E-state index is 13.0. The number of alkyl halides is 2. The van der Waals surface area contributed by atoms with Crippen LogP contribution in [0, 0.1) is 0 Å². The fourth-order valence-corrected chi connectivity index (χ4v) is 4.04. The number of para-hydroxylation sites is 1. The van der Waals surface area contributed by atoms with Crippen molar-refractivity contribution >= 4 is 15.5 Å². The first-order chi connectivity index (χ1) is 11.8. The molecule has 25 heavy (non-hydrogen) atoms. The van der Waals surface area contributed by atoms with E-state index < -0.39 is 21.2 Å². The van der Waals surface area contributed by atoms with Gasteiger partial charge in [0.05, 0.1) is 23.7 Å². The van der Waals surface area contributed by atoms with Crippen LogP contribution in [-0.2, 0) is 20.2 Å². The Morgan fingerprint density at radius 1 is 1.08 bits per heavy atom. The number of nitrogens with zero attached hydrogens (tertiary/aromatic N) is 1. The van der Waals surface area contributed by atoms with E-state index >= 15 is 0 Å². The van der Waals surface area contributed by atoms with Crippen LogP contribution in [0.3, 0.4) is 0 Å². The van der Waals surface area contributed by atoms with Crippen molar-refractivity contribution in [1.29, 1.82) is 0 Å². The molecule has 1 aliphatic rings. The molecule has 1 aliphatic heterocycles. The fraction of sp³-hybridized carbons (Fsp3) is 0.333. The van der Waals surface area contributed by atoms with Crippen LogP contribution in [0.5, 0.6) is 0 Å². The summed E-state index contributed by atoms with van der Waals surface area (Å²) >= 11 is 0. The van der Waals surface area contributed by atoms with Gasteiger partial charge in [0.25, 0.3) is 0 Å². The molecule has 0 N–H and O–H groups in total. The number of halogens is 2. The average molecular weight is 367 g/mol. The van der Waals surface area contributed by atoms with Gasteiger partial charge in [0, 0.05) is 6.54 Å². The second kappa shape index (κ2) is 6.72. The van der Waals surface area contributed by atoms with E-state index in [1.54, 1.807) is 17.0 Å². The van der Waals surface area contributed by atoms with Gasteiger partial charge in [0.15, 0.2) is 0 Å². The molecule has 134 valence electrons. The van der Waals surface area contributed by atoms with Gasteiger partial charge in [0.1, 0.15) is 5.60 Å². The lowest BCUT2D eigenvalue weighted by molar-refractivity contribution is -0.0467. The maximum Gasteiger partial charge on any atom is 0.341 e. The highest BCUT2D eigenvalue weighted by molar-refractivity contribution is 7.91. The molecule has 1 fully saturated rings. The molecule has 2 aromatic carbocycles. The van der Waals surface area contributed by atoms with Gasteiger partial charge in [-0.3, -0.25) is 0 Å². The zero-order chi connectivity index (χ0) is 18.1. The SMILES string of the molecule is CC1(c2ccccc2)CN(c2ccccc2S(=O)(=O)C(F)F)CCO1. The van der Waals surface area contributed by atoms with E-state index in [1.165, 1.54) is 12.1 Å². The van der Waals surface area contributed by atoms with E-state index in [0.717, 1.165) is 5.56 Å². The molecular formula is C18H19F2NO3S. The van der Waals surface area contributed by atoms with Crippen LogP contribution in [-0.4, -0.2) is 33.9 Å². The molecule has 1 heterocycles. The summed E-state index contributed by atoms with van der Waals surface area (Å²) in [6.45, 7) is 3.08. The van der Waals surface area contributed by atoms with Crippen molar-refractivity contribution in [2.45, 2.75) is 23.2 Å². The molecule has 0 saturated carbocycles. The third-order valence-electron chi connectivity index (χ3n) is 4.41. The standard InChI is InChI=1S/C18H19F2NO3S/c1-18(14-7-3-2-4-8-14)13-21(11-12-24-18)15-9-5-6-10-16(15)25(22,23)17(19)20/h2-10,17H,11-13H2,1H3. The van der Waals surface area contributed by atoms with Gasteiger partial charge >= 0.3 is 5.76 Å². The van der Waals surface area contributed by atoms with Crippen LogP contribution in [0.2, 0.25) is 0 Å². The highest BCUT2D eigenvalue weighted by Crippen LogP contribution is 2.35. The third-order valence-corrected chi connectivity index (χ3v) is 5.83. The first kappa shape index (κ1) is 17.8. The first-order valence-electron chi connectivity index (χ1n) is 7.90.